The van der Waals surface area contributed by atoms with Crippen molar-refractivity contribution in [2.45, 2.75) is 53.2 Å². The third kappa shape index (κ3) is 4.95. The highest BCUT2D eigenvalue weighted by atomic mass is 16.5. The van der Waals surface area contributed by atoms with E-state index in [4.69, 9.17) is 9.47 Å². The van der Waals surface area contributed by atoms with E-state index >= 15 is 0 Å². The standard InChI is InChI=1S/C34H34O2/c1-4-24-11-15-27(16-12-24)22-35-33-29-9-7-8-10-30(29)34(32-21-26(6-3)19-20-31(32)33)36-23-28-17-13-25(5-2)14-18-28/h7-21H,4-6,22-23H2,1-3H3. The predicted octanol–water partition coefficient (Wildman–Crippen LogP) is 8.84. The quantitative estimate of drug-likeness (QED) is 0.199. The lowest BCUT2D eigenvalue weighted by Gasteiger charge is -2.19. The van der Waals surface area contributed by atoms with Crippen molar-refractivity contribution >= 4 is 21.5 Å². The van der Waals surface area contributed by atoms with E-state index in [1.807, 2.05) is 0 Å². The highest BCUT2D eigenvalue weighted by Gasteiger charge is 2.17. The zero-order valence-corrected chi connectivity index (χ0v) is 21.5. The minimum atomic E-state index is 0.530. The van der Waals surface area contributed by atoms with Crippen LogP contribution in [0.15, 0.2) is 91.0 Å². The molecule has 36 heavy (non-hydrogen) atoms. The van der Waals surface area contributed by atoms with E-state index in [1.54, 1.807) is 0 Å². The van der Waals surface area contributed by atoms with Gasteiger partial charge in [0.2, 0.25) is 0 Å². The summed E-state index contributed by atoms with van der Waals surface area (Å²) in [5.74, 6) is 1.84. The number of ether oxygens (including phenoxy) is 2. The summed E-state index contributed by atoms with van der Waals surface area (Å²) in [4.78, 5) is 0. The Bertz CT molecular complexity index is 1460. The van der Waals surface area contributed by atoms with Gasteiger partial charge in [-0.05, 0) is 53.1 Å². The van der Waals surface area contributed by atoms with Crippen molar-refractivity contribution in [2.75, 3.05) is 0 Å². The molecule has 0 aromatic heterocycles. The fourth-order valence-corrected chi connectivity index (χ4v) is 4.73. The molecule has 0 aliphatic heterocycles. The average Bonchev–Trinajstić information content (AvgIpc) is 2.95. The normalized spacial score (nSPS) is 11.2. The van der Waals surface area contributed by atoms with Crippen molar-refractivity contribution in [1.82, 2.24) is 0 Å². The van der Waals surface area contributed by atoms with Gasteiger partial charge < -0.3 is 9.47 Å². The second kappa shape index (κ2) is 10.9. The minimum Gasteiger partial charge on any atom is -0.488 e. The summed E-state index contributed by atoms with van der Waals surface area (Å²) in [7, 11) is 0. The molecule has 182 valence electrons. The summed E-state index contributed by atoms with van der Waals surface area (Å²) in [6, 6.07) is 32.5. The molecule has 5 aromatic rings. The molecule has 0 unspecified atom stereocenters. The number of rotatable bonds is 9. The molecule has 0 N–H and O–H groups in total. The Balaban J connectivity index is 1.56. The van der Waals surface area contributed by atoms with Crippen molar-refractivity contribution in [3.05, 3.63) is 119 Å². The molecule has 2 nitrogen and oxygen atoms in total. The van der Waals surface area contributed by atoms with Gasteiger partial charge in [0.15, 0.2) is 0 Å². The van der Waals surface area contributed by atoms with Crippen LogP contribution in [0.1, 0.15) is 48.6 Å². The summed E-state index contributed by atoms with van der Waals surface area (Å²) < 4.78 is 13.1. The second-order valence-corrected chi connectivity index (χ2v) is 9.35. The van der Waals surface area contributed by atoms with Crippen molar-refractivity contribution in [1.29, 1.82) is 0 Å². The van der Waals surface area contributed by atoms with Crippen LogP contribution in [0.5, 0.6) is 11.5 Å². The molecule has 0 fully saturated rings. The molecule has 0 bridgehead atoms. The fourth-order valence-electron chi connectivity index (χ4n) is 4.73. The van der Waals surface area contributed by atoms with E-state index in [0.717, 1.165) is 52.3 Å². The monoisotopic (exact) mass is 474 g/mol. The first-order valence-electron chi connectivity index (χ1n) is 13.1. The molecule has 5 aromatic carbocycles. The van der Waals surface area contributed by atoms with Crippen LogP contribution in [0.2, 0.25) is 0 Å². The van der Waals surface area contributed by atoms with Crippen molar-refractivity contribution in [3.8, 4) is 11.5 Å². The molecule has 2 heteroatoms. The lowest BCUT2D eigenvalue weighted by Crippen LogP contribution is -2.01. The van der Waals surface area contributed by atoms with E-state index in [2.05, 4.69) is 112 Å². The summed E-state index contributed by atoms with van der Waals surface area (Å²) >= 11 is 0. The van der Waals surface area contributed by atoms with Gasteiger partial charge in [-0.15, -0.1) is 0 Å². The smallest absolute Gasteiger partial charge is 0.135 e. The van der Waals surface area contributed by atoms with Gasteiger partial charge in [-0.2, -0.15) is 0 Å². The van der Waals surface area contributed by atoms with Crippen molar-refractivity contribution in [3.63, 3.8) is 0 Å². The summed E-state index contributed by atoms with van der Waals surface area (Å²) in [5.41, 5.74) is 6.31. The Kier molecular flexibility index (Phi) is 7.23. The zero-order chi connectivity index (χ0) is 24.9. The molecule has 5 rings (SSSR count). The number of fused-ring (bicyclic) bond motifs is 2. The van der Waals surface area contributed by atoms with Gasteiger partial charge in [0.05, 0.1) is 0 Å². The first-order chi connectivity index (χ1) is 17.7. The number of hydrogen-bond donors (Lipinski definition) is 0. The minimum absolute atomic E-state index is 0.530. The van der Waals surface area contributed by atoms with Gasteiger partial charge in [0, 0.05) is 21.5 Å². The summed E-state index contributed by atoms with van der Waals surface area (Å²) in [6.45, 7) is 7.61. The van der Waals surface area contributed by atoms with Crippen LogP contribution in [0.4, 0.5) is 0 Å². The van der Waals surface area contributed by atoms with Gasteiger partial charge in [0.25, 0.3) is 0 Å². The first-order valence-corrected chi connectivity index (χ1v) is 13.1. The van der Waals surface area contributed by atoms with Crippen LogP contribution >= 0.6 is 0 Å². The van der Waals surface area contributed by atoms with Gasteiger partial charge >= 0.3 is 0 Å². The van der Waals surface area contributed by atoms with Crippen LogP contribution in [-0.2, 0) is 32.5 Å². The molecular weight excluding hydrogens is 440 g/mol. The van der Waals surface area contributed by atoms with Crippen LogP contribution in [0.3, 0.4) is 0 Å². The zero-order valence-electron chi connectivity index (χ0n) is 21.5. The Morgan fingerprint density at radius 2 is 0.806 bits per heavy atom. The average molecular weight is 475 g/mol. The van der Waals surface area contributed by atoms with Gasteiger partial charge in [-0.1, -0.05) is 106 Å². The predicted molar refractivity (Wildman–Crippen MR) is 151 cm³/mol. The highest BCUT2D eigenvalue weighted by Crippen LogP contribution is 2.43. The third-order valence-corrected chi connectivity index (χ3v) is 7.03. The van der Waals surface area contributed by atoms with Crippen molar-refractivity contribution in [2.24, 2.45) is 0 Å². The highest BCUT2D eigenvalue weighted by molar-refractivity contribution is 6.11. The largest absolute Gasteiger partial charge is 0.488 e. The Labute approximate surface area is 214 Å². The molecule has 0 saturated heterocycles. The van der Waals surface area contributed by atoms with Crippen molar-refractivity contribution < 1.29 is 9.47 Å². The molecule has 0 atom stereocenters. The first kappa shape index (κ1) is 23.9. The maximum Gasteiger partial charge on any atom is 0.135 e. The van der Waals surface area contributed by atoms with E-state index in [0.29, 0.717) is 13.2 Å². The second-order valence-electron chi connectivity index (χ2n) is 9.35. The van der Waals surface area contributed by atoms with Gasteiger partial charge in [0.1, 0.15) is 24.7 Å². The van der Waals surface area contributed by atoms with E-state index < -0.39 is 0 Å². The van der Waals surface area contributed by atoms with E-state index in [9.17, 15) is 0 Å². The fraction of sp³-hybridized carbons (Fsp3) is 0.235. The molecule has 0 spiro atoms. The van der Waals surface area contributed by atoms with Crippen LogP contribution in [0.25, 0.3) is 21.5 Å². The Morgan fingerprint density at radius 3 is 1.28 bits per heavy atom. The Morgan fingerprint density at radius 1 is 0.417 bits per heavy atom. The van der Waals surface area contributed by atoms with Gasteiger partial charge in [-0.3, -0.25) is 0 Å². The van der Waals surface area contributed by atoms with Crippen LogP contribution in [0, 0.1) is 0 Å². The maximum atomic E-state index is 6.58. The molecule has 0 radical (unpaired) electrons. The molecule has 0 amide bonds. The van der Waals surface area contributed by atoms with Gasteiger partial charge in [-0.25, -0.2) is 0 Å². The summed E-state index contributed by atoms with van der Waals surface area (Å²) in [5, 5.41) is 4.36. The number of aryl methyl sites for hydroxylation is 3. The van der Waals surface area contributed by atoms with Crippen LogP contribution < -0.4 is 9.47 Å². The number of hydrogen-bond acceptors (Lipinski definition) is 2. The molecule has 0 heterocycles. The molecule has 0 aliphatic carbocycles. The molecule has 0 aliphatic rings. The van der Waals surface area contributed by atoms with Crippen LogP contribution in [-0.4, -0.2) is 0 Å². The topological polar surface area (TPSA) is 18.5 Å². The molecular formula is C34H34O2. The third-order valence-electron chi connectivity index (χ3n) is 7.03. The SMILES string of the molecule is CCc1ccc(COc2c3ccccc3c(OCc3ccc(CC)cc3)c3cc(CC)ccc23)cc1. The maximum absolute atomic E-state index is 6.58. The molecule has 0 saturated carbocycles. The number of benzene rings is 5. The lowest BCUT2D eigenvalue weighted by molar-refractivity contribution is 0.308. The lowest BCUT2D eigenvalue weighted by atomic mass is 9.98. The Hall–Kier alpha value is -3.78. The van der Waals surface area contributed by atoms with E-state index in [1.165, 1.54) is 27.8 Å². The van der Waals surface area contributed by atoms with E-state index in [-0.39, 0.29) is 0 Å². The summed E-state index contributed by atoms with van der Waals surface area (Å²) in [6.07, 6.45) is 3.06.